The molecule has 0 aliphatic carbocycles. The maximum atomic E-state index is 12.2. The minimum atomic E-state index is -0.151. The fourth-order valence-corrected chi connectivity index (χ4v) is 3.06. The lowest BCUT2D eigenvalue weighted by molar-refractivity contribution is -0.137. The number of carbonyl (C=O) groups excluding carboxylic acids is 1. The summed E-state index contributed by atoms with van der Waals surface area (Å²) in [5.74, 6) is 1.89. The Labute approximate surface area is 153 Å². The van der Waals surface area contributed by atoms with Crippen LogP contribution in [0, 0.1) is 6.92 Å². The Bertz CT molecular complexity index is 731. The monoisotopic (exact) mass is 359 g/mol. The summed E-state index contributed by atoms with van der Waals surface area (Å²) in [5.41, 5.74) is 1.15. The number of benzene rings is 1. The molecule has 0 saturated carbocycles. The number of aryl methyl sites for hydroxylation is 1. The predicted molar refractivity (Wildman–Crippen MR) is 94.9 cm³/mol. The van der Waals surface area contributed by atoms with Gasteiger partial charge in [0.1, 0.15) is 18.4 Å². The van der Waals surface area contributed by atoms with Gasteiger partial charge in [0.2, 0.25) is 11.8 Å². The SMILES string of the molecule is CCOCC(=O)N1CCCC1c1nc(CCOc2cccc(C)c2)no1. The van der Waals surface area contributed by atoms with Gasteiger partial charge in [0.05, 0.1) is 6.61 Å². The first-order chi connectivity index (χ1) is 12.7. The molecule has 1 saturated heterocycles. The molecule has 1 aliphatic rings. The van der Waals surface area contributed by atoms with Crippen LogP contribution in [0.25, 0.3) is 0 Å². The predicted octanol–water partition coefficient (Wildman–Crippen LogP) is 2.70. The fraction of sp³-hybridized carbons (Fsp3) is 0.526. The van der Waals surface area contributed by atoms with Crippen molar-refractivity contribution in [3.63, 3.8) is 0 Å². The second-order valence-corrected chi connectivity index (χ2v) is 6.35. The van der Waals surface area contributed by atoms with Gasteiger partial charge in [-0.05, 0) is 44.4 Å². The third-order valence-electron chi connectivity index (χ3n) is 4.36. The average Bonchev–Trinajstić information content (AvgIpc) is 3.28. The van der Waals surface area contributed by atoms with E-state index in [0.717, 1.165) is 24.2 Å². The third-order valence-corrected chi connectivity index (χ3v) is 4.36. The maximum Gasteiger partial charge on any atom is 0.249 e. The van der Waals surface area contributed by atoms with Crippen molar-refractivity contribution in [2.45, 2.75) is 39.2 Å². The number of aromatic nitrogens is 2. The Kier molecular flexibility index (Phi) is 6.22. The van der Waals surface area contributed by atoms with Crippen LogP contribution in [0.1, 0.15) is 43.1 Å². The van der Waals surface area contributed by atoms with E-state index in [1.807, 2.05) is 38.1 Å². The molecule has 1 fully saturated rings. The fourth-order valence-electron chi connectivity index (χ4n) is 3.06. The van der Waals surface area contributed by atoms with Crippen molar-refractivity contribution in [3.05, 3.63) is 41.5 Å². The Balaban J connectivity index is 1.54. The van der Waals surface area contributed by atoms with Crippen molar-refractivity contribution >= 4 is 5.91 Å². The van der Waals surface area contributed by atoms with Gasteiger partial charge in [0, 0.05) is 19.6 Å². The largest absolute Gasteiger partial charge is 0.493 e. The summed E-state index contributed by atoms with van der Waals surface area (Å²) in [6, 6.07) is 7.75. The van der Waals surface area contributed by atoms with Crippen LogP contribution in [-0.4, -0.2) is 47.3 Å². The van der Waals surface area contributed by atoms with E-state index in [9.17, 15) is 4.79 Å². The highest BCUT2D eigenvalue weighted by Gasteiger charge is 2.33. The standard InChI is InChI=1S/C19H25N3O4/c1-3-24-13-18(23)22-10-5-8-16(22)19-20-17(21-26-19)9-11-25-15-7-4-6-14(2)12-15/h4,6-7,12,16H,3,5,8-11,13H2,1-2H3. The average molecular weight is 359 g/mol. The highest BCUT2D eigenvalue weighted by atomic mass is 16.5. The molecular formula is C19H25N3O4. The first kappa shape index (κ1) is 18.4. The molecular weight excluding hydrogens is 334 g/mol. The van der Waals surface area contributed by atoms with E-state index in [4.69, 9.17) is 14.0 Å². The quantitative estimate of drug-likeness (QED) is 0.721. The van der Waals surface area contributed by atoms with Gasteiger partial charge in [0.25, 0.3) is 0 Å². The summed E-state index contributed by atoms with van der Waals surface area (Å²) in [7, 11) is 0. The number of hydrogen-bond donors (Lipinski definition) is 0. The van der Waals surface area contributed by atoms with Gasteiger partial charge in [-0.25, -0.2) is 0 Å². The van der Waals surface area contributed by atoms with Crippen LogP contribution in [0.4, 0.5) is 0 Å². The first-order valence-electron chi connectivity index (χ1n) is 9.06. The molecule has 2 heterocycles. The number of rotatable bonds is 8. The number of amides is 1. The molecule has 0 N–H and O–H groups in total. The molecule has 26 heavy (non-hydrogen) atoms. The minimum Gasteiger partial charge on any atom is -0.493 e. The molecule has 1 atom stereocenters. The number of ether oxygens (including phenoxy) is 2. The molecule has 3 rings (SSSR count). The summed E-state index contributed by atoms with van der Waals surface area (Å²) in [5, 5.41) is 4.03. The Morgan fingerprint density at radius 2 is 2.31 bits per heavy atom. The van der Waals surface area contributed by atoms with E-state index in [2.05, 4.69) is 10.1 Å². The molecule has 1 amide bonds. The molecule has 0 bridgehead atoms. The van der Waals surface area contributed by atoms with Crippen LogP contribution >= 0.6 is 0 Å². The summed E-state index contributed by atoms with van der Waals surface area (Å²) in [4.78, 5) is 18.5. The molecule has 1 aliphatic heterocycles. The number of nitrogens with zero attached hydrogens (tertiary/aromatic N) is 3. The summed E-state index contributed by atoms with van der Waals surface area (Å²) in [6.45, 7) is 5.69. The summed E-state index contributed by atoms with van der Waals surface area (Å²) >= 11 is 0. The Morgan fingerprint density at radius 3 is 3.12 bits per heavy atom. The van der Waals surface area contributed by atoms with Crippen molar-refractivity contribution in [3.8, 4) is 5.75 Å². The van der Waals surface area contributed by atoms with E-state index in [1.165, 1.54) is 0 Å². The lowest BCUT2D eigenvalue weighted by Crippen LogP contribution is -2.33. The van der Waals surface area contributed by atoms with E-state index in [-0.39, 0.29) is 18.6 Å². The van der Waals surface area contributed by atoms with Gasteiger partial charge < -0.3 is 18.9 Å². The lowest BCUT2D eigenvalue weighted by Gasteiger charge is -2.21. The normalized spacial score (nSPS) is 16.8. The second kappa shape index (κ2) is 8.80. The molecule has 1 aromatic carbocycles. The Hall–Kier alpha value is -2.41. The molecule has 2 aromatic rings. The van der Waals surface area contributed by atoms with Crippen LogP contribution in [-0.2, 0) is 16.0 Å². The smallest absolute Gasteiger partial charge is 0.249 e. The summed E-state index contributed by atoms with van der Waals surface area (Å²) in [6.07, 6.45) is 2.31. The van der Waals surface area contributed by atoms with E-state index >= 15 is 0 Å². The molecule has 140 valence electrons. The van der Waals surface area contributed by atoms with Crippen LogP contribution < -0.4 is 4.74 Å². The van der Waals surface area contributed by atoms with Crippen molar-refractivity contribution in [2.75, 3.05) is 26.4 Å². The van der Waals surface area contributed by atoms with Crippen LogP contribution in [0.15, 0.2) is 28.8 Å². The van der Waals surface area contributed by atoms with Gasteiger partial charge in [-0.15, -0.1) is 0 Å². The van der Waals surface area contributed by atoms with Crippen molar-refractivity contribution < 1.29 is 18.8 Å². The van der Waals surface area contributed by atoms with Gasteiger partial charge in [-0.3, -0.25) is 4.79 Å². The number of carbonyl (C=O) groups is 1. The zero-order chi connectivity index (χ0) is 18.4. The van der Waals surface area contributed by atoms with Crippen LogP contribution in [0.2, 0.25) is 0 Å². The highest BCUT2D eigenvalue weighted by molar-refractivity contribution is 5.78. The third kappa shape index (κ3) is 4.60. The van der Waals surface area contributed by atoms with E-state index in [0.29, 0.717) is 37.9 Å². The van der Waals surface area contributed by atoms with Crippen molar-refractivity contribution in [1.82, 2.24) is 15.0 Å². The number of likely N-dealkylation sites (tertiary alicyclic amines) is 1. The van der Waals surface area contributed by atoms with E-state index < -0.39 is 0 Å². The van der Waals surface area contributed by atoms with Crippen molar-refractivity contribution in [1.29, 1.82) is 0 Å². The molecule has 1 unspecified atom stereocenters. The lowest BCUT2D eigenvalue weighted by atomic mass is 10.2. The molecule has 0 radical (unpaired) electrons. The number of hydrogen-bond acceptors (Lipinski definition) is 6. The Morgan fingerprint density at radius 1 is 1.42 bits per heavy atom. The van der Waals surface area contributed by atoms with Crippen molar-refractivity contribution in [2.24, 2.45) is 0 Å². The first-order valence-corrected chi connectivity index (χ1v) is 9.06. The van der Waals surface area contributed by atoms with Gasteiger partial charge in [0.15, 0.2) is 5.82 Å². The molecule has 0 spiro atoms. The maximum absolute atomic E-state index is 12.2. The second-order valence-electron chi connectivity index (χ2n) is 6.35. The minimum absolute atomic E-state index is 0.0307. The zero-order valence-corrected chi connectivity index (χ0v) is 15.3. The topological polar surface area (TPSA) is 77.7 Å². The molecule has 1 aromatic heterocycles. The highest BCUT2D eigenvalue weighted by Crippen LogP contribution is 2.30. The summed E-state index contributed by atoms with van der Waals surface area (Å²) < 4.78 is 16.4. The van der Waals surface area contributed by atoms with Crippen LogP contribution in [0.5, 0.6) is 5.75 Å². The zero-order valence-electron chi connectivity index (χ0n) is 15.3. The van der Waals surface area contributed by atoms with Gasteiger partial charge in [-0.1, -0.05) is 17.3 Å². The van der Waals surface area contributed by atoms with Gasteiger partial charge >= 0.3 is 0 Å². The van der Waals surface area contributed by atoms with Gasteiger partial charge in [-0.2, -0.15) is 4.98 Å². The van der Waals surface area contributed by atoms with Crippen LogP contribution in [0.3, 0.4) is 0 Å². The molecule has 7 heteroatoms. The molecule has 7 nitrogen and oxygen atoms in total. The van der Waals surface area contributed by atoms with E-state index in [1.54, 1.807) is 4.90 Å².